The first kappa shape index (κ1) is 14.9. The van der Waals surface area contributed by atoms with E-state index < -0.39 is 18.8 Å². The SMILES string of the molecule is CC(Cc1ccccc1F)NCC(O)C(F)(F)F. The van der Waals surface area contributed by atoms with Gasteiger partial charge < -0.3 is 10.4 Å². The highest BCUT2D eigenvalue weighted by Crippen LogP contribution is 2.19. The molecule has 0 heterocycles. The molecule has 0 aliphatic carbocycles. The van der Waals surface area contributed by atoms with Gasteiger partial charge in [0.05, 0.1) is 0 Å². The summed E-state index contributed by atoms with van der Waals surface area (Å²) >= 11 is 0. The van der Waals surface area contributed by atoms with Crippen molar-refractivity contribution in [3.8, 4) is 0 Å². The summed E-state index contributed by atoms with van der Waals surface area (Å²) < 4.78 is 49.4. The molecule has 0 fully saturated rings. The largest absolute Gasteiger partial charge is 0.415 e. The zero-order chi connectivity index (χ0) is 13.8. The van der Waals surface area contributed by atoms with Crippen molar-refractivity contribution in [2.24, 2.45) is 0 Å². The van der Waals surface area contributed by atoms with Crippen LogP contribution in [0.2, 0.25) is 0 Å². The van der Waals surface area contributed by atoms with E-state index in [1.807, 2.05) is 0 Å². The summed E-state index contributed by atoms with van der Waals surface area (Å²) in [6, 6.07) is 5.72. The van der Waals surface area contributed by atoms with E-state index in [1.54, 1.807) is 25.1 Å². The first-order valence-corrected chi connectivity index (χ1v) is 5.52. The number of hydrogen-bond donors (Lipinski definition) is 2. The lowest BCUT2D eigenvalue weighted by atomic mass is 10.1. The van der Waals surface area contributed by atoms with Crippen LogP contribution < -0.4 is 5.32 Å². The highest BCUT2D eigenvalue weighted by molar-refractivity contribution is 5.18. The van der Waals surface area contributed by atoms with Crippen LogP contribution in [0.5, 0.6) is 0 Å². The molecule has 0 saturated heterocycles. The van der Waals surface area contributed by atoms with Gasteiger partial charge in [0.2, 0.25) is 0 Å². The fourth-order valence-corrected chi connectivity index (χ4v) is 1.49. The lowest BCUT2D eigenvalue weighted by Crippen LogP contribution is -2.42. The zero-order valence-corrected chi connectivity index (χ0v) is 9.84. The molecule has 2 atom stereocenters. The maximum atomic E-state index is 13.3. The van der Waals surface area contributed by atoms with Gasteiger partial charge in [-0.25, -0.2) is 4.39 Å². The summed E-state index contributed by atoms with van der Waals surface area (Å²) in [7, 11) is 0. The Balaban J connectivity index is 2.43. The van der Waals surface area contributed by atoms with Crippen LogP contribution in [0, 0.1) is 5.82 Å². The minimum Gasteiger partial charge on any atom is -0.382 e. The molecule has 0 amide bonds. The summed E-state index contributed by atoms with van der Waals surface area (Å²) in [6.07, 6.45) is -6.78. The van der Waals surface area contributed by atoms with Gasteiger partial charge in [-0.15, -0.1) is 0 Å². The van der Waals surface area contributed by atoms with Gasteiger partial charge in [-0.2, -0.15) is 13.2 Å². The van der Waals surface area contributed by atoms with Crippen molar-refractivity contribution in [1.29, 1.82) is 0 Å². The van der Waals surface area contributed by atoms with Crippen molar-refractivity contribution >= 4 is 0 Å². The van der Waals surface area contributed by atoms with E-state index in [1.165, 1.54) is 6.07 Å². The Morgan fingerprint density at radius 3 is 2.44 bits per heavy atom. The third-order valence-corrected chi connectivity index (χ3v) is 2.52. The molecule has 102 valence electrons. The molecule has 2 N–H and O–H groups in total. The molecular weight excluding hydrogens is 250 g/mol. The standard InChI is InChI=1S/C12H15F4NO/c1-8(17-7-11(18)12(14,15)16)6-9-4-2-3-5-10(9)13/h2-5,8,11,17-18H,6-7H2,1H3. The average molecular weight is 265 g/mol. The molecule has 2 unspecified atom stereocenters. The number of hydrogen-bond acceptors (Lipinski definition) is 2. The van der Waals surface area contributed by atoms with Crippen LogP contribution in [0.3, 0.4) is 0 Å². The van der Waals surface area contributed by atoms with E-state index in [0.717, 1.165) is 0 Å². The van der Waals surface area contributed by atoms with Crippen molar-refractivity contribution in [3.05, 3.63) is 35.6 Å². The fraction of sp³-hybridized carbons (Fsp3) is 0.500. The second kappa shape index (κ2) is 6.15. The molecule has 0 aromatic heterocycles. The van der Waals surface area contributed by atoms with Gasteiger partial charge >= 0.3 is 6.18 Å². The first-order chi connectivity index (χ1) is 8.30. The molecule has 0 spiro atoms. The molecule has 6 heteroatoms. The van der Waals surface area contributed by atoms with E-state index in [9.17, 15) is 17.6 Å². The Labute approximate surface area is 103 Å². The molecular formula is C12H15F4NO. The number of halogens is 4. The Bertz CT molecular complexity index is 381. The first-order valence-electron chi connectivity index (χ1n) is 5.52. The minimum absolute atomic E-state index is 0.261. The third kappa shape index (κ3) is 4.62. The monoisotopic (exact) mass is 265 g/mol. The van der Waals surface area contributed by atoms with Crippen LogP contribution >= 0.6 is 0 Å². The van der Waals surface area contributed by atoms with Gasteiger partial charge in [0.25, 0.3) is 0 Å². The number of nitrogens with one attached hydrogen (secondary N) is 1. The normalized spacial score (nSPS) is 15.4. The second-order valence-electron chi connectivity index (χ2n) is 4.16. The van der Waals surface area contributed by atoms with Crippen LogP contribution in [-0.2, 0) is 6.42 Å². The van der Waals surface area contributed by atoms with Crippen LogP contribution in [0.1, 0.15) is 12.5 Å². The Kier molecular flexibility index (Phi) is 5.10. The summed E-state index contributed by atoms with van der Waals surface area (Å²) in [5.74, 6) is -0.387. The number of alkyl halides is 3. The molecule has 1 aromatic rings. The molecule has 2 nitrogen and oxygen atoms in total. The number of aliphatic hydroxyl groups excluding tert-OH is 1. The van der Waals surface area contributed by atoms with Crippen molar-refractivity contribution < 1.29 is 22.7 Å². The van der Waals surface area contributed by atoms with Gasteiger partial charge in [-0.1, -0.05) is 18.2 Å². The lowest BCUT2D eigenvalue weighted by Gasteiger charge is -2.19. The molecule has 1 aromatic carbocycles. The number of aliphatic hydroxyl groups is 1. The van der Waals surface area contributed by atoms with Crippen molar-refractivity contribution in [3.63, 3.8) is 0 Å². The molecule has 0 aliphatic rings. The number of benzene rings is 1. The van der Waals surface area contributed by atoms with Gasteiger partial charge in [-0.3, -0.25) is 0 Å². The van der Waals surface area contributed by atoms with E-state index in [0.29, 0.717) is 5.56 Å². The Morgan fingerprint density at radius 2 is 1.89 bits per heavy atom. The third-order valence-electron chi connectivity index (χ3n) is 2.52. The predicted molar refractivity (Wildman–Crippen MR) is 59.6 cm³/mol. The quantitative estimate of drug-likeness (QED) is 0.800. The second-order valence-corrected chi connectivity index (χ2v) is 4.16. The Morgan fingerprint density at radius 1 is 1.28 bits per heavy atom. The molecule has 0 aliphatic heterocycles. The van der Waals surface area contributed by atoms with Crippen molar-refractivity contribution in [2.45, 2.75) is 31.7 Å². The van der Waals surface area contributed by atoms with Gasteiger partial charge in [-0.05, 0) is 25.0 Å². The predicted octanol–water partition coefficient (Wildman–Crippen LogP) is 2.27. The molecule has 1 rings (SSSR count). The summed E-state index contributed by atoms with van der Waals surface area (Å²) in [4.78, 5) is 0. The lowest BCUT2D eigenvalue weighted by molar-refractivity contribution is -0.202. The summed E-state index contributed by atoms with van der Waals surface area (Å²) in [5, 5.41) is 11.3. The summed E-state index contributed by atoms with van der Waals surface area (Å²) in [5.41, 5.74) is 0.430. The van der Waals surface area contributed by atoms with E-state index >= 15 is 0 Å². The van der Waals surface area contributed by atoms with E-state index in [4.69, 9.17) is 5.11 Å². The van der Waals surface area contributed by atoms with E-state index in [2.05, 4.69) is 5.32 Å². The zero-order valence-electron chi connectivity index (χ0n) is 9.84. The van der Waals surface area contributed by atoms with Gasteiger partial charge in [0.15, 0.2) is 6.10 Å². The highest BCUT2D eigenvalue weighted by Gasteiger charge is 2.37. The van der Waals surface area contributed by atoms with Gasteiger partial charge in [0.1, 0.15) is 5.82 Å². The fourth-order valence-electron chi connectivity index (χ4n) is 1.49. The average Bonchev–Trinajstić information content (AvgIpc) is 2.27. The molecule has 0 radical (unpaired) electrons. The smallest absolute Gasteiger partial charge is 0.382 e. The van der Waals surface area contributed by atoms with E-state index in [-0.39, 0.29) is 18.3 Å². The minimum atomic E-state index is -4.63. The van der Waals surface area contributed by atoms with Crippen LogP contribution in [0.4, 0.5) is 17.6 Å². The van der Waals surface area contributed by atoms with Crippen molar-refractivity contribution in [2.75, 3.05) is 6.54 Å². The van der Waals surface area contributed by atoms with Crippen molar-refractivity contribution in [1.82, 2.24) is 5.32 Å². The maximum Gasteiger partial charge on any atom is 0.415 e. The Hall–Kier alpha value is -1.14. The van der Waals surface area contributed by atoms with Crippen LogP contribution in [0.25, 0.3) is 0 Å². The maximum absolute atomic E-state index is 13.3. The highest BCUT2D eigenvalue weighted by atomic mass is 19.4. The van der Waals surface area contributed by atoms with Gasteiger partial charge in [0, 0.05) is 12.6 Å². The summed E-state index contributed by atoms with van der Waals surface area (Å²) in [6.45, 7) is 1.04. The topological polar surface area (TPSA) is 32.3 Å². The molecule has 0 bridgehead atoms. The number of rotatable bonds is 5. The molecule has 0 saturated carbocycles. The molecule has 18 heavy (non-hydrogen) atoms. The van der Waals surface area contributed by atoms with Crippen LogP contribution in [-0.4, -0.2) is 30.0 Å². The van der Waals surface area contributed by atoms with Crippen LogP contribution in [0.15, 0.2) is 24.3 Å².